The SMILES string of the molecule is CC(COC(=O)C(N)Cc1ccccc1)(COC(=O)C(N)Cc1ccccc1)COC(=O)C(N)Cc1ccccc1. The molecule has 9 heteroatoms. The van der Waals surface area contributed by atoms with Crippen molar-refractivity contribution in [3.63, 3.8) is 0 Å². The standard InChI is InChI=1S/C32H39N3O6/c1-32(20-39-29(36)26(33)17-23-11-5-2-6-12-23,21-40-30(37)27(34)18-24-13-7-3-8-14-24)22-41-31(38)28(35)19-25-15-9-4-10-16-25/h2-16,26-28H,17-22,33-35H2,1H3. The molecule has 0 saturated carbocycles. The van der Waals surface area contributed by atoms with Crippen LogP contribution in [0.2, 0.25) is 0 Å². The summed E-state index contributed by atoms with van der Waals surface area (Å²) in [4.78, 5) is 38.1. The van der Waals surface area contributed by atoms with Gasteiger partial charge in [0.1, 0.15) is 37.9 Å². The minimum Gasteiger partial charge on any atom is -0.464 e. The maximum atomic E-state index is 12.7. The van der Waals surface area contributed by atoms with Crippen LogP contribution >= 0.6 is 0 Å². The molecule has 0 saturated heterocycles. The number of rotatable bonds is 15. The van der Waals surface area contributed by atoms with E-state index in [2.05, 4.69) is 0 Å². The maximum absolute atomic E-state index is 12.7. The van der Waals surface area contributed by atoms with Gasteiger partial charge in [0.25, 0.3) is 0 Å². The summed E-state index contributed by atoms with van der Waals surface area (Å²) < 4.78 is 16.5. The van der Waals surface area contributed by atoms with Crippen LogP contribution in [0.5, 0.6) is 0 Å². The number of hydrogen-bond donors (Lipinski definition) is 3. The van der Waals surface area contributed by atoms with Gasteiger partial charge in [-0.05, 0) is 42.9 Å². The molecule has 0 aromatic heterocycles. The molecule has 3 rings (SSSR count). The van der Waals surface area contributed by atoms with Crippen molar-refractivity contribution in [1.29, 1.82) is 0 Å². The van der Waals surface area contributed by atoms with Gasteiger partial charge >= 0.3 is 17.9 Å². The van der Waals surface area contributed by atoms with Gasteiger partial charge in [-0.1, -0.05) is 91.0 Å². The Morgan fingerprint density at radius 1 is 0.537 bits per heavy atom. The average molecular weight is 562 g/mol. The number of ether oxygens (including phenoxy) is 3. The molecule has 3 aromatic carbocycles. The third-order valence-electron chi connectivity index (χ3n) is 6.49. The van der Waals surface area contributed by atoms with Crippen molar-refractivity contribution in [2.45, 2.75) is 44.3 Å². The lowest BCUT2D eigenvalue weighted by Gasteiger charge is -2.29. The second-order valence-electron chi connectivity index (χ2n) is 10.5. The fourth-order valence-electron chi connectivity index (χ4n) is 4.04. The number of carbonyl (C=O) groups excluding carboxylic acids is 3. The Bertz CT molecular complexity index is 1090. The van der Waals surface area contributed by atoms with Gasteiger partial charge in [-0.15, -0.1) is 0 Å². The number of nitrogens with two attached hydrogens (primary N) is 3. The van der Waals surface area contributed by atoms with Gasteiger partial charge in [0.15, 0.2) is 0 Å². The molecular formula is C32H39N3O6. The van der Waals surface area contributed by atoms with Gasteiger partial charge in [-0.3, -0.25) is 14.4 Å². The van der Waals surface area contributed by atoms with Gasteiger partial charge in [0.05, 0.1) is 5.41 Å². The zero-order valence-corrected chi connectivity index (χ0v) is 23.3. The van der Waals surface area contributed by atoms with Gasteiger partial charge in [-0.25, -0.2) is 0 Å². The van der Waals surface area contributed by atoms with E-state index in [0.29, 0.717) is 19.3 Å². The second-order valence-corrected chi connectivity index (χ2v) is 10.5. The first-order valence-electron chi connectivity index (χ1n) is 13.5. The van der Waals surface area contributed by atoms with Crippen LogP contribution in [0, 0.1) is 5.41 Å². The number of carbonyl (C=O) groups is 3. The normalized spacial score (nSPS) is 14.6. The first-order chi connectivity index (χ1) is 19.6. The quantitative estimate of drug-likeness (QED) is 0.187. The van der Waals surface area contributed by atoms with E-state index in [4.69, 9.17) is 31.4 Å². The van der Waals surface area contributed by atoms with E-state index in [0.717, 1.165) is 16.7 Å². The molecule has 0 spiro atoms. The molecular weight excluding hydrogens is 522 g/mol. The average Bonchev–Trinajstić information content (AvgIpc) is 2.99. The van der Waals surface area contributed by atoms with E-state index < -0.39 is 41.4 Å². The lowest BCUT2D eigenvalue weighted by molar-refractivity contribution is -0.162. The molecule has 0 aliphatic heterocycles. The Balaban J connectivity index is 1.60. The van der Waals surface area contributed by atoms with E-state index in [1.165, 1.54) is 0 Å². The van der Waals surface area contributed by atoms with Crippen molar-refractivity contribution in [3.8, 4) is 0 Å². The predicted octanol–water partition coefficient (Wildman–Crippen LogP) is 2.33. The zero-order chi connectivity index (χ0) is 29.7. The topological polar surface area (TPSA) is 157 Å². The van der Waals surface area contributed by atoms with E-state index >= 15 is 0 Å². The fraction of sp³-hybridized carbons (Fsp3) is 0.344. The van der Waals surface area contributed by atoms with E-state index in [9.17, 15) is 14.4 Å². The van der Waals surface area contributed by atoms with Crippen LogP contribution in [-0.2, 0) is 47.9 Å². The number of esters is 3. The molecule has 3 aromatic rings. The van der Waals surface area contributed by atoms with Crippen LogP contribution in [0.3, 0.4) is 0 Å². The zero-order valence-electron chi connectivity index (χ0n) is 23.3. The molecule has 3 unspecified atom stereocenters. The molecule has 0 aliphatic rings. The molecule has 218 valence electrons. The van der Waals surface area contributed by atoms with Gasteiger partial charge in [-0.2, -0.15) is 0 Å². The van der Waals surface area contributed by atoms with Crippen molar-refractivity contribution in [2.24, 2.45) is 22.6 Å². The van der Waals surface area contributed by atoms with Crippen molar-refractivity contribution in [3.05, 3.63) is 108 Å². The summed E-state index contributed by atoms with van der Waals surface area (Å²) in [7, 11) is 0. The molecule has 3 atom stereocenters. The molecule has 0 radical (unpaired) electrons. The van der Waals surface area contributed by atoms with Crippen molar-refractivity contribution >= 4 is 17.9 Å². The molecule has 0 amide bonds. The fourth-order valence-corrected chi connectivity index (χ4v) is 4.04. The summed E-state index contributed by atoms with van der Waals surface area (Å²) in [6.07, 6.45) is 0.884. The Morgan fingerprint density at radius 2 is 0.780 bits per heavy atom. The summed E-state index contributed by atoms with van der Waals surface area (Å²) >= 11 is 0. The third-order valence-corrected chi connectivity index (χ3v) is 6.49. The predicted molar refractivity (Wildman–Crippen MR) is 155 cm³/mol. The first-order valence-corrected chi connectivity index (χ1v) is 13.5. The summed E-state index contributed by atoms with van der Waals surface area (Å²) in [5.41, 5.74) is 19.8. The summed E-state index contributed by atoms with van der Waals surface area (Å²) in [5, 5.41) is 0. The van der Waals surface area contributed by atoms with Gasteiger partial charge in [0, 0.05) is 0 Å². The van der Waals surface area contributed by atoms with Crippen LogP contribution in [0.1, 0.15) is 23.6 Å². The van der Waals surface area contributed by atoms with E-state index in [1.54, 1.807) is 6.92 Å². The summed E-state index contributed by atoms with van der Waals surface area (Å²) in [6, 6.07) is 25.3. The minimum atomic E-state index is -1.08. The molecule has 0 bridgehead atoms. The highest BCUT2D eigenvalue weighted by molar-refractivity contribution is 5.77. The van der Waals surface area contributed by atoms with E-state index in [-0.39, 0.29) is 19.8 Å². The summed E-state index contributed by atoms with van der Waals surface area (Å²) in [5.74, 6) is -1.88. The number of hydrogen-bond acceptors (Lipinski definition) is 9. The molecule has 0 aliphatic carbocycles. The molecule has 41 heavy (non-hydrogen) atoms. The number of benzene rings is 3. The van der Waals surface area contributed by atoms with E-state index in [1.807, 2.05) is 91.0 Å². The summed E-state index contributed by atoms with van der Waals surface area (Å²) in [6.45, 7) is 1.04. The van der Waals surface area contributed by atoms with Crippen LogP contribution < -0.4 is 17.2 Å². The highest BCUT2D eigenvalue weighted by Crippen LogP contribution is 2.20. The highest BCUT2D eigenvalue weighted by Gasteiger charge is 2.33. The monoisotopic (exact) mass is 561 g/mol. The largest absolute Gasteiger partial charge is 0.464 e. The first kappa shape index (κ1) is 31.5. The maximum Gasteiger partial charge on any atom is 0.323 e. The Kier molecular flexibility index (Phi) is 12.0. The Morgan fingerprint density at radius 3 is 1.02 bits per heavy atom. The van der Waals surface area contributed by atoms with Gasteiger partial charge < -0.3 is 31.4 Å². The Hall–Kier alpha value is -4.05. The van der Waals surface area contributed by atoms with Crippen LogP contribution in [-0.4, -0.2) is 55.9 Å². The lowest BCUT2D eigenvalue weighted by atomic mass is 9.94. The second kappa shape index (κ2) is 15.7. The highest BCUT2D eigenvalue weighted by atomic mass is 16.6. The van der Waals surface area contributed by atoms with Crippen molar-refractivity contribution in [1.82, 2.24) is 0 Å². The van der Waals surface area contributed by atoms with Crippen molar-refractivity contribution < 1.29 is 28.6 Å². The minimum absolute atomic E-state index is 0.212. The van der Waals surface area contributed by atoms with Crippen molar-refractivity contribution in [2.75, 3.05) is 19.8 Å². The van der Waals surface area contributed by atoms with Crippen LogP contribution in [0.25, 0.3) is 0 Å². The van der Waals surface area contributed by atoms with Crippen LogP contribution in [0.4, 0.5) is 0 Å². The van der Waals surface area contributed by atoms with Gasteiger partial charge in [0.2, 0.25) is 0 Å². The molecule has 0 fully saturated rings. The molecule has 0 heterocycles. The smallest absolute Gasteiger partial charge is 0.323 e. The third kappa shape index (κ3) is 10.8. The van der Waals surface area contributed by atoms with Crippen LogP contribution in [0.15, 0.2) is 91.0 Å². The lowest BCUT2D eigenvalue weighted by Crippen LogP contribution is -2.44. The Labute approximate surface area is 240 Å². The molecule has 6 N–H and O–H groups in total. The molecule has 9 nitrogen and oxygen atoms in total.